The number of hydrogen-bond donors (Lipinski definition) is 2. The third kappa shape index (κ3) is 4.11. The van der Waals surface area contributed by atoms with Crippen molar-refractivity contribution in [1.29, 1.82) is 0 Å². The van der Waals surface area contributed by atoms with Gasteiger partial charge in [-0.3, -0.25) is 4.79 Å². The summed E-state index contributed by atoms with van der Waals surface area (Å²) in [6.07, 6.45) is 0.197. The molecule has 0 saturated heterocycles. The van der Waals surface area contributed by atoms with E-state index in [1.54, 1.807) is 12.1 Å². The Morgan fingerprint density at radius 3 is 1.33 bits per heavy atom. The fourth-order valence-corrected chi connectivity index (χ4v) is 3.66. The second kappa shape index (κ2) is 8.66. The molecular formula is C27H22O3. The van der Waals surface area contributed by atoms with Crippen LogP contribution in [0.4, 0.5) is 0 Å². The zero-order valence-electron chi connectivity index (χ0n) is 16.5. The van der Waals surface area contributed by atoms with Crippen LogP contribution >= 0.6 is 0 Å². The maximum atomic E-state index is 12.8. The lowest BCUT2D eigenvalue weighted by atomic mass is 9.95. The second-order valence-corrected chi connectivity index (χ2v) is 7.25. The number of ketones is 1. The summed E-state index contributed by atoms with van der Waals surface area (Å²) in [7, 11) is 0. The third-order valence-corrected chi connectivity index (χ3v) is 5.18. The van der Waals surface area contributed by atoms with Crippen molar-refractivity contribution in [2.75, 3.05) is 0 Å². The average Bonchev–Trinajstić information content (AvgIpc) is 2.78. The molecule has 0 aliphatic carbocycles. The van der Waals surface area contributed by atoms with Crippen molar-refractivity contribution in [2.45, 2.75) is 12.8 Å². The van der Waals surface area contributed by atoms with Crippen LogP contribution in [0.3, 0.4) is 0 Å². The number of benzene rings is 4. The van der Waals surface area contributed by atoms with Crippen LogP contribution < -0.4 is 0 Å². The molecule has 4 aromatic carbocycles. The molecule has 0 heterocycles. The van der Waals surface area contributed by atoms with Crippen LogP contribution in [0, 0.1) is 0 Å². The average molecular weight is 394 g/mol. The second-order valence-electron chi connectivity index (χ2n) is 7.25. The molecule has 148 valence electrons. The standard InChI is InChI=1S/C27H22O3/c28-23(17-21-13-7-15-24(26(21)29)19-9-3-1-4-10-19)18-22-14-8-16-25(27(22)30)20-11-5-2-6-12-20/h1-16,29-30H,17-18H2. The summed E-state index contributed by atoms with van der Waals surface area (Å²) in [5.74, 6) is 0.176. The van der Waals surface area contributed by atoms with E-state index in [4.69, 9.17) is 0 Å². The molecule has 0 atom stereocenters. The quantitative estimate of drug-likeness (QED) is 0.435. The molecule has 4 aromatic rings. The Morgan fingerprint density at radius 2 is 0.933 bits per heavy atom. The van der Waals surface area contributed by atoms with Crippen molar-refractivity contribution in [3.63, 3.8) is 0 Å². The molecule has 30 heavy (non-hydrogen) atoms. The van der Waals surface area contributed by atoms with E-state index in [-0.39, 0.29) is 30.1 Å². The monoisotopic (exact) mass is 394 g/mol. The van der Waals surface area contributed by atoms with Crippen LogP contribution in [0.5, 0.6) is 11.5 Å². The van der Waals surface area contributed by atoms with E-state index in [1.807, 2.05) is 84.9 Å². The largest absolute Gasteiger partial charge is 0.507 e. The number of aromatic hydroxyl groups is 2. The van der Waals surface area contributed by atoms with Gasteiger partial charge in [-0.1, -0.05) is 97.1 Å². The number of hydrogen-bond acceptors (Lipinski definition) is 3. The van der Waals surface area contributed by atoms with E-state index in [9.17, 15) is 15.0 Å². The molecular weight excluding hydrogens is 372 g/mol. The van der Waals surface area contributed by atoms with Gasteiger partial charge in [0.2, 0.25) is 0 Å². The van der Waals surface area contributed by atoms with E-state index in [0.29, 0.717) is 22.3 Å². The van der Waals surface area contributed by atoms with E-state index in [2.05, 4.69) is 0 Å². The first-order chi connectivity index (χ1) is 14.6. The van der Waals surface area contributed by atoms with Gasteiger partial charge in [-0.15, -0.1) is 0 Å². The molecule has 2 N–H and O–H groups in total. The summed E-state index contributed by atoms with van der Waals surface area (Å²) in [6.45, 7) is 0. The Labute approximate surface area is 175 Å². The SMILES string of the molecule is O=C(Cc1cccc(-c2ccccc2)c1O)Cc1cccc(-c2ccccc2)c1O. The number of carbonyl (C=O) groups is 1. The lowest BCUT2D eigenvalue weighted by molar-refractivity contribution is -0.117. The van der Waals surface area contributed by atoms with E-state index in [1.165, 1.54) is 0 Å². The summed E-state index contributed by atoms with van der Waals surface area (Å²) >= 11 is 0. The molecule has 0 amide bonds. The summed E-state index contributed by atoms with van der Waals surface area (Å²) in [5, 5.41) is 21.4. The van der Waals surface area contributed by atoms with Gasteiger partial charge in [0.25, 0.3) is 0 Å². The van der Waals surface area contributed by atoms with Gasteiger partial charge in [0.1, 0.15) is 17.3 Å². The van der Waals surface area contributed by atoms with Crippen molar-refractivity contribution >= 4 is 5.78 Å². The van der Waals surface area contributed by atoms with Crippen molar-refractivity contribution in [3.8, 4) is 33.8 Å². The molecule has 0 unspecified atom stereocenters. The molecule has 4 rings (SSSR count). The number of phenolic OH excluding ortho intramolecular Hbond substituents is 2. The summed E-state index contributed by atoms with van der Waals surface area (Å²) < 4.78 is 0. The summed E-state index contributed by atoms with van der Waals surface area (Å²) in [4.78, 5) is 12.8. The smallest absolute Gasteiger partial charge is 0.141 e. The number of para-hydroxylation sites is 2. The number of carbonyl (C=O) groups excluding carboxylic acids is 1. The maximum absolute atomic E-state index is 12.8. The maximum Gasteiger partial charge on any atom is 0.141 e. The van der Waals surface area contributed by atoms with E-state index in [0.717, 1.165) is 11.1 Å². The van der Waals surface area contributed by atoms with Crippen molar-refractivity contribution in [3.05, 3.63) is 108 Å². The zero-order valence-corrected chi connectivity index (χ0v) is 16.5. The predicted molar refractivity (Wildman–Crippen MR) is 120 cm³/mol. The Kier molecular flexibility index (Phi) is 5.62. The molecule has 0 fully saturated rings. The van der Waals surface area contributed by atoms with Gasteiger partial charge in [0.05, 0.1) is 0 Å². The number of phenols is 2. The van der Waals surface area contributed by atoms with Gasteiger partial charge >= 0.3 is 0 Å². The van der Waals surface area contributed by atoms with Crippen molar-refractivity contribution in [2.24, 2.45) is 0 Å². The fraction of sp³-hybridized carbons (Fsp3) is 0.0741. The minimum atomic E-state index is -0.0731. The topological polar surface area (TPSA) is 57.5 Å². The van der Waals surface area contributed by atoms with Crippen LogP contribution in [0.15, 0.2) is 97.1 Å². The Hall–Kier alpha value is -3.85. The third-order valence-electron chi connectivity index (χ3n) is 5.18. The first kappa shape index (κ1) is 19.5. The van der Waals surface area contributed by atoms with Gasteiger partial charge in [-0.05, 0) is 11.1 Å². The highest BCUT2D eigenvalue weighted by molar-refractivity contribution is 5.86. The molecule has 0 saturated carbocycles. The number of rotatable bonds is 6. The highest BCUT2D eigenvalue weighted by Gasteiger charge is 2.15. The normalized spacial score (nSPS) is 10.7. The van der Waals surface area contributed by atoms with Crippen LogP contribution in [-0.2, 0) is 17.6 Å². The van der Waals surface area contributed by atoms with Gasteiger partial charge in [-0.25, -0.2) is 0 Å². The Bertz CT molecular complexity index is 1070. The van der Waals surface area contributed by atoms with Crippen LogP contribution in [-0.4, -0.2) is 16.0 Å². The van der Waals surface area contributed by atoms with Crippen LogP contribution in [0.2, 0.25) is 0 Å². The predicted octanol–water partition coefficient (Wildman–Crippen LogP) is 5.79. The first-order valence-electron chi connectivity index (χ1n) is 9.87. The summed E-state index contributed by atoms with van der Waals surface area (Å²) in [6, 6.07) is 30.1. The molecule has 0 spiro atoms. The van der Waals surface area contributed by atoms with Gasteiger partial charge in [-0.2, -0.15) is 0 Å². The minimum absolute atomic E-state index is 0.0731. The molecule has 0 aromatic heterocycles. The lowest BCUT2D eigenvalue weighted by Crippen LogP contribution is -2.07. The Balaban J connectivity index is 1.55. The van der Waals surface area contributed by atoms with E-state index < -0.39 is 0 Å². The molecule has 3 heteroatoms. The molecule has 0 radical (unpaired) electrons. The van der Waals surface area contributed by atoms with Gasteiger partial charge < -0.3 is 10.2 Å². The highest BCUT2D eigenvalue weighted by atomic mass is 16.3. The van der Waals surface area contributed by atoms with Crippen molar-refractivity contribution in [1.82, 2.24) is 0 Å². The molecule has 0 bridgehead atoms. The zero-order chi connectivity index (χ0) is 20.9. The number of Topliss-reactive ketones (excluding diaryl/α,β-unsaturated/α-hetero) is 1. The fourth-order valence-electron chi connectivity index (χ4n) is 3.66. The van der Waals surface area contributed by atoms with Crippen LogP contribution in [0.25, 0.3) is 22.3 Å². The molecule has 3 nitrogen and oxygen atoms in total. The van der Waals surface area contributed by atoms with E-state index >= 15 is 0 Å². The Morgan fingerprint density at radius 1 is 0.533 bits per heavy atom. The van der Waals surface area contributed by atoms with Crippen LogP contribution in [0.1, 0.15) is 11.1 Å². The first-order valence-corrected chi connectivity index (χ1v) is 9.87. The molecule has 0 aliphatic heterocycles. The molecule has 0 aliphatic rings. The highest BCUT2D eigenvalue weighted by Crippen LogP contribution is 2.34. The summed E-state index contributed by atoms with van der Waals surface area (Å²) in [5.41, 5.74) is 4.37. The van der Waals surface area contributed by atoms with Gasteiger partial charge in [0, 0.05) is 35.1 Å². The minimum Gasteiger partial charge on any atom is -0.507 e. The van der Waals surface area contributed by atoms with Gasteiger partial charge in [0.15, 0.2) is 0 Å². The van der Waals surface area contributed by atoms with Crippen molar-refractivity contribution < 1.29 is 15.0 Å². The lowest BCUT2D eigenvalue weighted by Gasteiger charge is -2.12.